The van der Waals surface area contributed by atoms with E-state index in [1.165, 1.54) is 36.2 Å². The normalized spacial score (nSPS) is 17.0. The molecule has 118 valence electrons. The Hall–Kier alpha value is -2.48. The molecule has 1 fully saturated rings. The summed E-state index contributed by atoms with van der Waals surface area (Å²) in [6.45, 7) is 0.775. The Morgan fingerprint density at radius 2 is 2.09 bits per heavy atom. The average Bonchev–Trinajstić information content (AvgIpc) is 3.02. The fourth-order valence-electron chi connectivity index (χ4n) is 2.18. The second-order valence-corrected chi connectivity index (χ2v) is 5.09. The van der Waals surface area contributed by atoms with Crippen LogP contribution in [0.1, 0.15) is 12.8 Å². The first-order valence-electron chi connectivity index (χ1n) is 6.91. The van der Waals surface area contributed by atoms with E-state index in [0.29, 0.717) is 0 Å². The van der Waals surface area contributed by atoms with E-state index in [-0.39, 0.29) is 29.8 Å². The van der Waals surface area contributed by atoms with Gasteiger partial charge in [-0.2, -0.15) is 0 Å². The Morgan fingerprint density at radius 1 is 1.41 bits per heavy atom. The molecule has 1 aromatic carbocycles. The molecular weight excluding hydrogens is 290 g/mol. The number of nitro groups is 1. The van der Waals surface area contributed by atoms with E-state index in [0.717, 1.165) is 19.4 Å². The van der Waals surface area contributed by atoms with E-state index < -0.39 is 11.0 Å². The lowest BCUT2D eigenvalue weighted by atomic mass is 10.1. The Balaban J connectivity index is 1.87. The average molecular weight is 307 g/mol. The highest BCUT2D eigenvalue weighted by molar-refractivity contribution is 5.88. The van der Waals surface area contributed by atoms with Crippen molar-refractivity contribution in [1.29, 1.82) is 0 Å². The van der Waals surface area contributed by atoms with Crippen LogP contribution in [0.5, 0.6) is 5.75 Å². The van der Waals surface area contributed by atoms with Gasteiger partial charge in [0.25, 0.3) is 5.69 Å². The van der Waals surface area contributed by atoms with Gasteiger partial charge in [-0.1, -0.05) is 0 Å². The number of nitro benzene ring substituents is 1. The molecule has 1 amide bonds. The SMILES string of the molecule is CN(CC(=O)[C@H]1CCCN1)C(=O)Oc1ccc([N+](=O)[O-])cc1. The zero-order valence-electron chi connectivity index (χ0n) is 12.2. The van der Waals surface area contributed by atoms with E-state index in [4.69, 9.17) is 4.74 Å². The summed E-state index contributed by atoms with van der Waals surface area (Å²) >= 11 is 0. The quantitative estimate of drug-likeness (QED) is 0.650. The van der Waals surface area contributed by atoms with Gasteiger partial charge in [0.1, 0.15) is 5.75 Å². The number of Topliss-reactive ketones (excluding diaryl/α,β-unsaturated/α-hetero) is 1. The summed E-state index contributed by atoms with van der Waals surface area (Å²) in [4.78, 5) is 35.0. The molecule has 0 aromatic heterocycles. The lowest BCUT2D eigenvalue weighted by Crippen LogP contribution is -2.41. The first kappa shape index (κ1) is 15.9. The van der Waals surface area contributed by atoms with Gasteiger partial charge in [-0.15, -0.1) is 0 Å². The van der Waals surface area contributed by atoms with Gasteiger partial charge in [0, 0.05) is 19.2 Å². The number of amides is 1. The maximum Gasteiger partial charge on any atom is 0.415 e. The molecule has 1 heterocycles. The standard InChI is InChI=1S/C14H17N3O5/c1-16(9-13(18)12-3-2-8-15-12)14(19)22-11-6-4-10(5-7-11)17(20)21/h4-7,12,15H,2-3,8-9H2,1H3/t12-/m1/s1. The number of ether oxygens (including phenoxy) is 1. The summed E-state index contributed by atoms with van der Waals surface area (Å²) in [5, 5.41) is 13.6. The number of carbonyl (C=O) groups excluding carboxylic acids is 2. The minimum Gasteiger partial charge on any atom is -0.410 e. The molecule has 8 nitrogen and oxygen atoms in total. The molecule has 0 bridgehead atoms. The zero-order valence-corrected chi connectivity index (χ0v) is 12.2. The van der Waals surface area contributed by atoms with Gasteiger partial charge in [0.2, 0.25) is 0 Å². The molecule has 0 radical (unpaired) electrons. The van der Waals surface area contributed by atoms with E-state index in [1.54, 1.807) is 0 Å². The topological polar surface area (TPSA) is 102 Å². The number of hydrogen-bond donors (Lipinski definition) is 1. The summed E-state index contributed by atoms with van der Waals surface area (Å²) in [5.74, 6) is 0.134. The number of likely N-dealkylation sites (N-methyl/N-ethyl adjacent to an activating group) is 1. The third-order valence-corrected chi connectivity index (χ3v) is 3.41. The highest BCUT2D eigenvalue weighted by Gasteiger charge is 2.24. The molecule has 1 atom stereocenters. The van der Waals surface area contributed by atoms with Crippen LogP contribution in [0.4, 0.5) is 10.5 Å². The lowest BCUT2D eigenvalue weighted by Gasteiger charge is -2.18. The number of nitrogens with one attached hydrogen (secondary N) is 1. The number of non-ortho nitro benzene ring substituents is 1. The second kappa shape index (κ2) is 6.99. The highest BCUT2D eigenvalue weighted by Crippen LogP contribution is 2.18. The molecule has 1 aromatic rings. The van der Waals surface area contributed by atoms with Crippen molar-refractivity contribution < 1.29 is 19.2 Å². The third-order valence-electron chi connectivity index (χ3n) is 3.41. The van der Waals surface area contributed by atoms with Gasteiger partial charge in [0.15, 0.2) is 5.78 Å². The number of carbonyl (C=O) groups is 2. The summed E-state index contributed by atoms with van der Waals surface area (Å²) < 4.78 is 5.07. The predicted octanol–water partition coefficient (Wildman–Crippen LogP) is 1.35. The van der Waals surface area contributed by atoms with Crippen LogP contribution in [0.3, 0.4) is 0 Å². The van der Waals surface area contributed by atoms with Crippen molar-refractivity contribution in [2.45, 2.75) is 18.9 Å². The molecule has 2 rings (SSSR count). The second-order valence-electron chi connectivity index (χ2n) is 5.09. The van der Waals surface area contributed by atoms with E-state index in [9.17, 15) is 19.7 Å². The minimum atomic E-state index is -0.680. The Kier molecular flexibility index (Phi) is 5.05. The molecule has 0 saturated carbocycles. The van der Waals surface area contributed by atoms with E-state index >= 15 is 0 Å². The zero-order chi connectivity index (χ0) is 16.1. The fraction of sp³-hybridized carbons (Fsp3) is 0.429. The Bertz CT molecular complexity index is 566. The van der Waals surface area contributed by atoms with Crippen molar-refractivity contribution in [3.63, 3.8) is 0 Å². The van der Waals surface area contributed by atoms with Crippen LogP contribution in [0.15, 0.2) is 24.3 Å². The van der Waals surface area contributed by atoms with Crippen LogP contribution in [0.25, 0.3) is 0 Å². The first-order chi connectivity index (χ1) is 10.5. The van der Waals surface area contributed by atoms with Crippen LogP contribution < -0.4 is 10.1 Å². The van der Waals surface area contributed by atoms with Gasteiger partial charge in [0.05, 0.1) is 17.5 Å². The smallest absolute Gasteiger partial charge is 0.410 e. The van der Waals surface area contributed by atoms with Crippen LogP contribution in [-0.2, 0) is 4.79 Å². The van der Waals surface area contributed by atoms with Crippen molar-refractivity contribution in [2.75, 3.05) is 20.1 Å². The maximum absolute atomic E-state index is 11.9. The maximum atomic E-state index is 11.9. The van der Waals surface area contributed by atoms with Gasteiger partial charge in [-0.25, -0.2) is 4.79 Å². The molecule has 22 heavy (non-hydrogen) atoms. The van der Waals surface area contributed by atoms with E-state index in [1.807, 2.05) is 0 Å². The van der Waals surface area contributed by atoms with Crippen molar-refractivity contribution in [2.24, 2.45) is 0 Å². The van der Waals surface area contributed by atoms with Gasteiger partial charge >= 0.3 is 6.09 Å². The molecule has 0 unspecified atom stereocenters. The third kappa shape index (κ3) is 4.01. The minimum absolute atomic E-state index is 0.0382. The molecule has 8 heteroatoms. The number of benzene rings is 1. The van der Waals surface area contributed by atoms with Gasteiger partial charge in [-0.3, -0.25) is 14.9 Å². The van der Waals surface area contributed by atoms with Gasteiger partial charge < -0.3 is 15.0 Å². The molecule has 0 spiro atoms. The number of hydrogen-bond acceptors (Lipinski definition) is 6. The largest absolute Gasteiger partial charge is 0.415 e. The van der Waals surface area contributed by atoms with Crippen LogP contribution >= 0.6 is 0 Å². The van der Waals surface area contributed by atoms with Crippen molar-refractivity contribution in [1.82, 2.24) is 10.2 Å². The number of rotatable bonds is 5. The van der Waals surface area contributed by atoms with Crippen molar-refractivity contribution in [3.8, 4) is 5.75 Å². The van der Waals surface area contributed by atoms with E-state index in [2.05, 4.69) is 5.32 Å². The van der Waals surface area contributed by atoms with Gasteiger partial charge in [-0.05, 0) is 31.5 Å². The van der Waals surface area contributed by atoms with Crippen molar-refractivity contribution >= 4 is 17.6 Å². The monoisotopic (exact) mass is 307 g/mol. The Morgan fingerprint density at radius 3 is 2.64 bits per heavy atom. The molecule has 1 saturated heterocycles. The highest BCUT2D eigenvalue weighted by atomic mass is 16.6. The number of ketones is 1. The molecule has 0 aliphatic carbocycles. The summed E-state index contributed by atoms with van der Waals surface area (Å²) in [6.07, 6.45) is 1.05. The summed E-state index contributed by atoms with van der Waals surface area (Å²) in [5.41, 5.74) is -0.0874. The Labute approximate surface area is 127 Å². The first-order valence-corrected chi connectivity index (χ1v) is 6.91. The fourth-order valence-corrected chi connectivity index (χ4v) is 2.18. The predicted molar refractivity (Wildman–Crippen MR) is 77.8 cm³/mol. The lowest BCUT2D eigenvalue weighted by molar-refractivity contribution is -0.384. The van der Waals surface area contributed by atoms with Crippen molar-refractivity contribution in [3.05, 3.63) is 34.4 Å². The number of nitrogens with zero attached hydrogens (tertiary/aromatic N) is 2. The van der Waals surface area contributed by atoms with Crippen LogP contribution in [0.2, 0.25) is 0 Å². The summed E-state index contributed by atoms with van der Waals surface area (Å²) in [6, 6.07) is 4.97. The molecule has 1 aliphatic heterocycles. The molecular formula is C14H17N3O5. The van der Waals surface area contributed by atoms with Crippen LogP contribution in [-0.4, -0.2) is 47.9 Å². The summed E-state index contributed by atoms with van der Waals surface area (Å²) in [7, 11) is 1.47. The molecule has 1 N–H and O–H groups in total. The van der Waals surface area contributed by atoms with Crippen LogP contribution in [0, 0.1) is 10.1 Å². The molecule has 1 aliphatic rings.